The summed E-state index contributed by atoms with van der Waals surface area (Å²) in [6.07, 6.45) is -0.104. The van der Waals surface area contributed by atoms with Crippen molar-refractivity contribution in [3.05, 3.63) is 0 Å². The lowest BCUT2D eigenvalue weighted by Crippen LogP contribution is -2.46. The number of esters is 1. The number of hydrogen-bond acceptors (Lipinski definition) is 5. The van der Waals surface area contributed by atoms with Crippen molar-refractivity contribution in [2.45, 2.75) is 60.5 Å². The first kappa shape index (κ1) is 22.3. The predicted octanol–water partition coefficient (Wildman–Crippen LogP) is 1.49. The second-order valence-electron chi connectivity index (χ2n) is 7.75. The molecule has 0 rings (SSSR count). The lowest BCUT2D eigenvalue weighted by atomic mass is 9.77. The van der Waals surface area contributed by atoms with Gasteiger partial charge in [-0.2, -0.15) is 0 Å². The van der Waals surface area contributed by atoms with Crippen LogP contribution in [-0.2, 0) is 23.9 Å². The van der Waals surface area contributed by atoms with Crippen LogP contribution in [0.4, 0.5) is 0 Å². The van der Waals surface area contributed by atoms with Gasteiger partial charge in [-0.3, -0.25) is 19.2 Å². The zero-order valence-electron chi connectivity index (χ0n) is 16.0. The van der Waals surface area contributed by atoms with E-state index >= 15 is 0 Å². The van der Waals surface area contributed by atoms with E-state index in [1.165, 1.54) is 39.5 Å². The van der Waals surface area contributed by atoms with Gasteiger partial charge in [0.25, 0.3) is 0 Å². The molecule has 0 aromatic carbocycles. The van der Waals surface area contributed by atoms with Gasteiger partial charge in [0.2, 0.25) is 5.91 Å². The van der Waals surface area contributed by atoms with Gasteiger partial charge in [0, 0.05) is 13.5 Å². The van der Waals surface area contributed by atoms with Crippen molar-refractivity contribution in [3.63, 3.8) is 0 Å². The Balaban J connectivity index is 5.24. The van der Waals surface area contributed by atoms with Crippen LogP contribution in [-0.4, -0.2) is 55.3 Å². The lowest BCUT2D eigenvalue weighted by molar-refractivity contribution is -0.174. The molecule has 0 aliphatic carbocycles. The van der Waals surface area contributed by atoms with Crippen LogP contribution in [0.5, 0.6) is 0 Å². The highest BCUT2D eigenvalue weighted by Gasteiger charge is 2.44. The molecule has 1 amide bonds. The van der Waals surface area contributed by atoms with Gasteiger partial charge < -0.3 is 9.64 Å². The van der Waals surface area contributed by atoms with E-state index in [0.717, 1.165) is 0 Å². The van der Waals surface area contributed by atoms with Crippen LogP contribution < -0.4 is 0 Å². The highest BCUT2D eigenvalue weighted by atomic mass is 16.6. The third-order valence-electron chi connectivity index (χ3n) is 4.21. The fourth-order valence-corrected chi connectivity index (χ4v) is 1.84. The molecule has 0 heterocycles. The number of nitrogens with zero attached hydrogens (tertiary/aromatic N) is 1. The summed E-state index contributed by atoms with van der Waals surface area (Å²) in [6.45, 7) is 10.4. The minimum absolute atomic E-state index is 0.0364. The quantitative estimate of drug-likeness (QED) is 0.381. The molecule has 0 bridgehead atoms. The summed E-state index contributed by atoms with van der Waals surface area (Å²) in [7, 11) is 6.99. The number of carbonyl (C=O) groups excluding carboxylic acids is 4. The highest BCUT2D eigenvalue weighted by molar-refractivity contribution is 6.10. The molecule has 24 heavy (non-hydrogen) atoms. The van der Waals surface area contributed by atoms with Crippen molar-refractivity contribution in [2.75, 3.05) is 13.5 Å². The van der Waals surface area contributed by atoms with Crippen molar-refractivity contribution < 1.29 is 23.9 Å². The molecule has 0 fully saturated rings. The molecule has 134 valence electrons. The smallest absolute Gasteiger partial charge is 0.320 e. The van der Waals surface area contributed by atoms with E-state index in [-0.39, 0.29) is 24.6 Å². The van der Waals surface area contributed by atoms with Crippen LogP contribution in [0.1, 0.15) is 54.9 Å². The lowest BCUT2D eigenvalue weighted by Gasteiger charge is -2.32. The van der Waals surface area contributed by atoms with Gasteiger partial charge in [0.15, 0.2) is 17.2 Å². The van der Waals surface area contributed by atoms with Crippen LogP contribution in [0.25, 0.3) is 0 Å². The average molecular weight is 337 g/mol. The van der Waals surface area contributed by atoms with Crippen molar-refractivity contribution in [3.8, 4) is 0 Å². The maximum Gasteiger partial charge on any atom is 0.320 e. The van der Waals surface area contributed by atoms with E-state index in [0.29, 0.717) is 0 Å². The zero-order chi connectivity index (χ0) is 19.5. The molecule has 0 unspecified atom stereocenters. The average Bonchev–Trinajstić information content (AvgIpc) is 2.44. The Morgan fingerprint density at radius 2 is 1.46 bits per heavy atom. The Hall–Kier alpha value is -1.66. The molecule has 6 nitrogen and oxygen atoms in total. The van der Waals surface area contributed by atoms with Gasteiger partial charge in [0.1, 0.15) is 5.41 Å². The number of ether oxygens (including phenoxy) is 1. The summed E-state index contributed by atoms with van der Waals surface area (Å²) in [5.74, 6) is -1.83. The molecule has 7 heteroatoms. The topological polar surface area (TPSA) is 80.8 Å². The largest absolute Gasteiger partial charge is 0.451 e. The van der Waals surface area contributed by atoms with E-state index in [1.807, 2.05) is 0 Å². The van der Waals surface area contributed by atoms with Crippen molar-refractivity contribution in [2.24, 2.45) is 10.8 Å². The second kappa shape index (κ2) is 7.49. The van der Waals surface area contributed by atoms with Crippen LogP contribution in [0.3, 0.4) is 0 Å². The molecule has 0 aliphatic heterocycles. The SMILES string of the molecule is [B]CN(C)C(=O)C(C)(C)CC(=O)C(C)(C)C(=O)OC(C)(C)C(C)=O. The molecule has 0 atom stereocenters. The number of ketones is 2. The van der Waals surface area contributed by atoms with Crippen LogP contribution in [0, 0.1) is 10.8 Å². The van der Waals surface area contributed by atoms with Crippen LogP contribution in [0.15, 0.2) is 0 Å². The minimum Gasteiger partial charge on any atom is -0.451 e. The monoisotopic (exact) mass is 337 g/mol. The first-order chi connectivity index (χ1) is 10.6. The van der Waals surface area contributed by atoms with Gasteiger partial charge in [-0.05, 0) is 41.1 Å². The molecule has 2 radical (unpaired) electrons. The van der Waals surface area contributed by atoms with E-state index in [1.54, 1.807) is 20.9 Å². The Morgan fingerprint density at radius 1 is 1.00 bits per heavy atom. The predicted molar refractivity (Wildman–Crippen MR) is 91.4 cm³/mol. The van der Waals surface area contributed by atoms with Gasteiger partial charge in [0.05, 0.1) is 13.3 Å². The first-order valence-corrected chi connectivity index (χ1v) is 7.83. The van der Waals surface area contributed by atoms with E-state index in [4.69, 9.17) is 12.6 Å². The van der Waals surface area contributed by atoms with Crippen molar-refractivity contribution in [1.29, 1.82) is 0 Å². The van der Waals surface area contributed by atoms with Gasteiger partial charge in [-0.25, -0.2) is 0 Å². The number of hydrogen-bond donors (Lipinski definition) is 0. The number of Topliss-reactive ketones (excluding diaryl/α,β-unsaturated/α-hetero) is 2. The summed E-state index contributed by atoms with van der Waals surface area (Å²) in [5, 5.41) is 0. The van der Waals surface area contributed by atoms with Gasteiger partial charge >= 0.3 is 5.97 Å². The fraction of sp³-hybridized carbons (Fsp3) is 0.765. The summed E-state index contributed by atoms with van der Waals surface area (Å²) in [5.41, 5.74) is -3.77. The fourth-order valence-electron chi connectivity index (χ4n) is 1.84. The highest BCUT2D eigenvalue weighted by Crippen LogP contribution is 2.31. The van der Waals surface area contributed by atoms with Crippen LogP contribution >= 0.6 is 0 Å². The second-order valence-corrected chi connectivity index (χ2v) is 7.75. The number of carbonyl (C=O) groups is 4. The Kier molecular flexibility index (Phi) is 6.97. The van der Waals surface area contributed by atoms with E-state index < -0.39 is 28.2 Å². The maximum atomic E-state index is 12.6. The molecule has 0 saturated heterocycles. The Bertz CT molecular complexity index is 537. The summed E-state index contributed by atoms with van der Waals surface area (Å²) in [6, 6.07) is 0. The van der Waals surface area contributed by atoms with Crippen LogP contribution in [0.2, 0.25) is 0 Å². The molecule has 0 N–H and O–H groups in total. The summed E-state index contributed by atoms with van der Waals surface area (Å²) < 4.78 is 5.20. The Morgan fingerprint density at radius 3 is 1.83 bits per heavy atom. The zero-order valence-corrected chi connectivity index (χ0v) is 16.0. The maximum absolute atomic E-state index is 12.6. The molecule has 0 saturated carbocycles. The molecular formula is C17H28BNO5. The van der Waals surface area contributed by atoms with Gasteiger partial charge in [-0.1, -0.05) is 13.8 Å². The number of amides is 1. The summed E-state index contributed by atoms with van der Waals surface area (Å²) in [4.78, 5) is 50.1. The molecule has 0 aromatic rings. The third-order valence-corrected chi connectivity index (χ3v) is 4.21. The van der Waals surface area contributed by atoms with E-state index in [9.17, 15) is 19.2 Å². The minimum atomic E-state index is -1.47. The Labute approximate surface area is 145 Å². The third kappa shape index (κ3) is 5.18. The van der Waals surface area contributed by atoms with Crippen molar-refractivity contribution in [1.82, 2.24) is 4.90 Å². The molecule has 0 aliphatic rings. The normalized spacial score (nSPS) is 12.5. The summed E-state index contributed by atoms with van der Waals surface area (Å²) >= 11 is 0. The molecule has 0 spiro atoms. The first-order valence-electron chi connectivity index (χ1n) is 7.83. The van der Waals surface area contributed by atoms with Gasteiger partial charge in [-0.15, -0.1) is 0 Å². The molecular weight excluding hydrogens is 309 g/mol. The molecule has 0 aromatic heterocycles. The number of rotatable bonds is 8. The van der Waals surface area contributed by atoms with Crippen molar-refractivity contribution >= 4 is 31.3 Å². The standard InChI is InChI=1S/C17H28BNO5/c1-11(20)17(6,7)24-14(23)16(4,5)12(21)9-15(2,3)13(22)19(8)10-18/h9-10H2,1-8H3. The van der Waals surface area contributed by atoms with E-state index in [2.05, 4.69) is 0 Å².